The van der Waals surface area contributed by atoms with E-state index in [-0.39, 0.29) is 5.91 Å². The third-order valence-corrected chi connectivity index (χ3v) is 3.20. The van der Waals surface area contributed by atoms with Crippen molar-refractivity contribution in [2.24, 2.45) is 5.41 Å². The molecular formula is C11H21NO2. The molecule has 0 unspecified atom stereocenters. The fraction of sp³-hybridized carbons (Fsp3) is 0.909. The molecule has 0 aliphatic heterocycles. The molecule has 1 amide bonds. The lowest BCUT2D eigenvalue weighted by molar-refractivity contribution is -0.120. The lowest BCUT2D eigenvalue weighted by atomic mass is 9.71. The fourth-order valence-electron chi connectivity index (χ4n) is 1.86. The van der Waals surface area contributed by atoms with Crippen LogP contribution < -0.4 is 5.32 Å². The maximum Gasteiger partial charge on any atom is 0.216 e. The Hall–Kier alpha value is -0.570. The van der Waals surface area contributed by atoms with E-state index in [1.807, 2.05) is 0 Å². The summed E-state index contributed by atoms with van der Waals surface area (Å²) in [6, 6.07) is 0. The van der Waals surface area contributed by atoms with Crippen molar-refractivity contribution in [3.05, 3.63) is 0 Å². The molecule has 82 valence electrons. The first-order chi connectivity index (χ1) is 6.33. The molecule has 0 bridgehead atoms. The number of carbonyl (C=O) groups excluding carboxylic acids is 1. The summed E-state index contributed by atoms with van der Waals surface area (Å²) in [5.74, 6) is -0.0664. The summed E-state index contributed by atoms with van der Waals surface area (Å²) in [6.07, 6.45) is 3.65. The average Bonchev–Trinajstić information content (AvgIpc) is 2.08. The van der Waals surface area contributed by atoms with Gasteiger partial charge in [-0.1, -0.05) is 13.8 Å². The molecule has 0 spiro atoms. The van der Waals surface area contributed by atoms with Crippen LogP contribution in [0.3, 0.4) is 0 Å². The minimum atomic E-state index is -0.665. The van der Waals surface area contributed by atoms with Gasteiger partial charge in [-0.05, 0) is 31.1 Å². The smallest absolute Gasteiger partial charge is 0.216 e. The monoisotopic (exact) mass is 199 g/mol. The summed E-state index contributed by atoms with van der Waals surface area (Å²) >= 11 is 0. The van der Waals surface area contributed by atoms with Crippen LogP contribution in [0.1, 0.15) is 46.5 Å². The number of hydrogen-bond donors (Lipinski definition) is 2. The molecule has 0 aromatic heterocycles. The Labute approximate surface area is 85.9 Å². The fourth-order valence-corrected chi connectivity index (χ4v) is 1.86. The van der Waals surface area contributed by atoms with Gasteiger partial charge in [0.05, 0.1) is 5.60 Å². The van der Waals surface area contributed by atoms with Gasteiger partial charge in [-0.25, -0.2) is 0 Å². The summed E-state index contributed by atoms with van der Waals surface area (Å²) in [4.78, 5) is 10.7. The van der Waals surface area contributed by atoms with E-state index in [1.54, 1.807) is 0 Å². The van der Waals surface area contributed by atoms with Gasteiger partial charge >= 0.3 is 0 Å². The number of carbonyl (C=O) groups is 1. The van der Waals surface area contributed by atoms with E-state index in [9.17, 15) is 9.90 Å². The maximum absolute atomic E-state index is 10.7. The van der Waals surface area contributed by atoms with Gasteiger partial charge in [-0.2, -0.15) is 0 Å². The minimum absolute atomic E-state index is 0.0664. The first-order valence-corrected chi connectivity index (χ1v) is 5.30. The van der Waals surface area contributed by atoms with Gasteiger partial charge in [0.15, 0.2) is 0 Å². The Kier molecular flexibility index (Phi) is 3.20. The highest BCUT2D eigenvalue weighted by atomic mass is 16.3. The van der Waals surface area contributed by atoms with Crippen LogP contribution >= 0.6 is 0 Å². The summed E-state index contributed by atoms with van der Waals surface area (Å²) in [5.41, 5.74) is -0.316. The topological polar surface area (TPSA) is 49.3 Å². The standard InChI is InChI=1S/C11H21NO2/c1-9(13)12-8-11(14)6-4-10(2,3)5-7-11/h14H,4-8H2,1-3H3,(H,12,13). The lowest BCUT2D eigenvalue weighted by Gasteiger charge is -2.40. The Morgan fingerprint density at radius 3 is 2.21 bits per heavy atom. The third kappa shape index (κ3) is 3.29. The SMILES string of the molecule is CC(=O)NCC1(O)CCC(C)(C)CC1. The highest BCUT2D eigenvalue weighted by Gasteiger charge is 2.36. The summed E-state index contributed by atoms with van der Waals surface area (Å²) in [6.45, 7) is 6.34. The van der Waals surface area contributed by atoms with Crippen molar-refractivity contribution in [3.63, 3.8) is 0 Å². The van der Waals surface area contributed by atoms with E-state index < -0.39 is 5.60 Å². The van der Waals surface area contributed by atoms with Crippen molar-refractivity contribution in [1.29, 1.82) is 0 Å². The molecule has 0 atom stereocenters. The van der Waals surface area contributed by atoms with E-state index in [0.29, 0.717) is 12.0 Å². The second-order valence-corrected chi connectivity index (χ2v) is 5.30. The molecule has 0 heterocycles. The van der Waals surface area contributed by atoms with Gasteiger partial charge in [0.1, 0.15) is 0 Å². The van der Waals surface area contributed by atoms with Crippen molar-refractivity contribution in [1.82, 2.24) is 5.32 Å². The first-order valence-electron chi connectivity index (χ1n) is 5.30. The summed E-state index contributed by atoms with van der Waals surface area (Å²) in [5, 5.41) is 12.8. The van der Waals surface area contributed by atoms with Gasteiger partial charge in [0.2, 0.25) is 5.91 Å². The van der Waals surface area contributed by atoms with Gasteiger partial charge in [0, 0.05) is 13.5 Å². The van der Waals surface area contributed by atoms with Gasteiger partial charge in [0.25, 0.3) is 0 Å². The normalized spacial score (nSPS) is 24.3. The molecule has 0 aromatic carbocycles. The minimum Gasteiger partial charge on any atom is -0.388 e. The largest absolute Gasteiger partial charge is 0.388 e. The van der Waals surface area contributed by atoms with Crippen molar-refractivity contribution in [2.75, 3.05) is 6.54 Å². The molecule has 14 heavy (non-hydrogen) atoms. The molecule has 1 aliphatic carbocycles. The number of amides is 1. The molecule has 0 saturated heterocycles. The van der Waals surface area contributed by atoms with Crippen LogP contribution in [0.4, 0.5) is 0 Å². The maximum atomic E-state index is 10.7. The third-order valence-electron chi connectivity index (χ3n) is 3.20. The average molecular weight is 199 g/mol. The molecule has 1 fully saturated rings. The van der Waals surface area contributed by atoms with Crippen LogP contribution in [-0.4, -0.2) is 23.2 Å². The number of rotatable bonds is 2. The number of hydrogen-bond acceptors (Lipinski definition) is 2. The van der Waals surface area contributed by atoms with Crippen molar-refractivity contribution >= 4 is 5.91 Å². The molecule has 2 N–H and O–H groups in total. The van der Waals surface area contributed by atoms with Gasteiger partial charge in [-0.15, -0.1) is 0 Å². The van der Waals surface area contributed by atoms with E-state index in [1.165, 1.54) is 6.92 Å². The molecular weight excluding hydrogens is 178 g/mol. The van der Waals surface area contributed by atoms with Crippen LogP contribution in [0.5, 0.6) is 0 Å². The number of nitrogens with one attached hydrogen (secondary N) is 1. The second kappa shape index (κ2) is 3.89. The van der Waals surface area contributed by atoms with E-state index >= 15 is 0 Å². The van der Waals surface area contributed by atoms with Crippen molar-refractivity contribution in [3.8, 4) is 0 Å². The quantitative estimate of drug-likeness (QED) is 0.707. The van der Waals surface area contributed by atoms with Gasteiger partial charge in [-0.3, -0.25) is 4.79 Å². The van der Waals surface area contributed by atoms with Crippen molar-refractivity contribution < 1.29 is 9.90 Å². The molecule has 0 aromatic rings. The second-order valence-electron chi connectivity index (χ2n) is 5.30. The molecule has 3 heteroatoms. The summed E-state index contributed by atoms with van der Waals surface area (Å²) in [7, 11) is 0. The number of aliphatic hydroxyl groups is 1. The van der Waals surface area contributed by atoms with Crippen LogP contribution in [0.2, 0.25) is 0 Å². The Bertz CT molecular complexity index is 213. The Morgan fingerprint density at radius 1 is 1.29 bits per heavy atom. The molecule has 1 rings (SSSR count). The van der Waals surface area contributed by atoms with Crippen LogP contribution in [0, 0.1) is 5.41 Å². The molecule has 1 aliphatic rings. The lowest BCUT2D eigenvalue weighted by Crippen LogP contribution is -2.46. The molecule has 0 radical (unpaired) electrons. The van der Waals surface area contributed by atoms with Crippen LogP contribution in [-0.2, 0) is 4.79 Å². The zero-order valence-corrected chi connectivity index (χ0v) is 9.39. The first kappa shape index (κ1) is 11.5. The Morgan fingerprint density at radius 2 is 1.79 bits per heavy atom. The zero-order chi connectivity index (χ0) is 10.8. The van der Waals surface area contributed by atoms with E-state index in [0.717, 1.165) is 25.7 Å². The van der Waals surface area contributed by atoms with Crippen LogP contribution in [0.15, 0.2) is 0 Å². The predicted octanol–water partition coefficient (Wildman–Crippen LogP) is 1.45. The predicted molar refractivity (Wildman–Crippen MR) is 55.9 cm³/mol. The highest BCUT2D eigenvalue weighted by molar-refractivity contribution is 5.72. The van der Waals surface area contributed by atoms with E-state index in [2.05, 4.69) is 19.2 Å². The zero-order valence-electron chi connectivity index (χ0n) is 9.39. The van der Waals surface area contributed by atoms with Crippen LogP contribution in [0.25, 0.3) is 0 Å². The highest BCUT2D eigenvalue weighted by Crippen LogP contribution is 2.39. The van der Waals surface area contributed by atoms with Gasteiger partial charge < -0.3 is 10.4 Å². The summed E-state index contributed by atoms with van der Waals surface area (Å²) < 4.78 is 0. The molecule has 3 nitrogen and oxygen atoms in total. The van der Waals surface area contributed by atoms with Crippen molar-refractivity contribution in [2.45, 2.75) is 52.1 Å². The Balaban J connectivity index is 2.41. The van der Waals surface area contributed by atoms with E-state index in [4.69, 9.17) is 0 Å². The molecule has 1 saturated carbocycles.